The van der Waals surface area contributed by atoms with Gasteiger partial charge in [-0.15, -0.1) is 0 Å². The first kappa shape index (κ1) is 13.0. The zero-order valence-electron chi connectivity index (χ0n) is 9.45. The molecule has 1 aliphatic heterocycles. The van der Waals surface area contributed by atoms with E-state index in [1.807, 2.05) is 19.1 Å². The summed E-state index contributed by atoms with van der Waals surface area (Å²) in [7, 11) is 0. The topological polar surface area (TPSA) is 48.7 Å². The summed E-state index contributed by atoms with van der Waals surface area (Å²) in [5.41, 5.74) is 2.61. The average Bonchev–Trinajstić information content (AvgIpc) is 2.73. The Hall–Kier alpha value is -1.05. The van der Waals surface area contributed by atoms with Gasteiger partial charge in [-0.2, -0.15) is 18.8 Å². The monoisotopic (exact) mass is 235 g/mol. The van der Waals surface area contributed by atoms with Crippen LogP contribution in [0.25, 0.3) is 0 Å². The van der Waals surface area contributed by atoms with Crippen LogP contribution in [0.4, 0.5) is 0 Å². The predicted octanol–water partition coefficient (Wildman–Crippen LogP) is 1.53. The molecule has 1 unspecified atom stereocenters. The smallest absolute Gasteiger partial charge is 0.143 e. The van der Waals surface area contributed by atoms with Gasteiger partial charge in [0.05, 0.1) is 0 Å². The molecular weight excluding hydrogens is 218 g/mol. The minimum absolute atomic E-state index is 0. The van der Waals surface area contributed by atoms with Gasteiger partial charge in [-0.05, 0) is 50.4 Å². The van der Waals surface area contributed by atoms with Crippen LogP contribution in [-0.4, -0.2) is 18.1 Å². The number of nitrogens with zero attached hydrogens (tertiary/aromatic N) is 2. The minimum atomic E-state index is 0. The van der Waals surface area contributed by atoms with E-state index in [4.69, 9.17) is 5.26 Å². The third kappa shape index (κ3) is 2.97. The molecule has 0 amide bonds. The zero-order valence-corrected chi connectivity index (χ0v) is 10.5. The molecule has 3 nitrogen and oxygen atoms in total. The van der Waals surface area contributed by atoms with Crippen LogP contribution in [-0.2, 0) is 6.42 Å². The largest absolute Gasteiger partial charge is 0.316 e. The Labute approximate surface area is 103 Å². The highest BCUT2D eigenvalue weighted by Gasteiger charge is 2.16. The normalized spacial score (nSPS) is 18.9. The molecule has 1 aliphatic rings. The summed E-state index contributed by atoms with van der Waals surface area (Å²) in [5, 5.41) is 12.3. The van der Waals surface area contributed by atoms with E-state index in [0.717, 1.165) is 30.8 Å². The molecule has 0 aromatic carbocycles. The highest BCUT2D eigenvalue weighted by molar-refractivity contribution is 7.59. The van der Waals surface area contributed by atoms with E-state index in [0.29, 0.717) is 11.6 Å². The second kappa shape index (κ2) is 5.88. The number of hydrogen-bond donors (Lipinski definition) is 1. The van der Waals surface area contributed by atoms with Crippen LogP contribution < -0.4 is 5.32 Å². The first-order valence-corrected chi connectivity index (χ1v) is 5.37. The van der Waals surface area contributed by atoms with Gasteiger partial charge in [0.1, 0.15) is 11.8 Å². The van der Waals surface area contributed by atoms with Crippen LogP contribution in [0.5, 0.6) is 0 Å². The lowest BCUT2D eigenvalue weighted by molar-refractivity contribution is 0.578. The highest BCUT2D eigenvalue weighted by atomic mass is 32.1. The van der Waals surface area contributed by atoms with E-state index in [9.17, 15) is 0 Å². The second-order valence-corrected chi connectivity index (χ2v) is 4.14. The summed E-state index contributed by atoms with van der Waals surface area (Å²) in [5.74, 6) is 0.668. The lowest BCUT2D eigenvalue weighted by Crippen LogP contribution is -2.11. The summed E-state index contributed by atoms with van der Waals surface area (Å²) >= 11 is 0. The van der Waals surface area contributed by atoms with Gasteiger partial charge in [0.2, 0.25) is 0 Å². The molecule has 1 aromatic rings. The summed E-state index contributed by atoms with van der Waals surface area (Å²) in [6.45, 7) is 4.09. The average molecular weight is 235 g/mol. The molecule has 0 aliphatic carbocycles. The Bertz CT molecular complexity index is 392. The maximum Gasteiger partial charge on any atom is 0.143 e. The number of aromatic nitrogens is 1. The van der Waals surface area contributed by atoms with Gasteiger partial charge >= 0.3 is 0 Å². The second-order valence-electron chi connectivity index (χ2n) is 4.14. The van der Waals surface area contributed by atoms with Crippen molar-refractivity contribution in [3.05, 3.63) is 29.1 Å². The number of nitriles is 1. The molecule has 86 valence electrons. The van der Waals surface area contributed by atoms with Crippen molar-refractivity contribution in [3.8, 4) is 6.07 Å². The van der Waals surface area contributed by atoms with E-state index < -0.39 is 0 Å². The van der Waals surface area contributed by atoms with Crippen LogP contribution in [0.3, 0.4) is 0 Å². The maximum atomic E-state index is 8.99. The van der Waals surface area contributed by atoms with E-state index in [1.54, 1.807) is 0 Å². The lowest BCUT2D eigenvalue weighted by atomic mass is 9.97. The molecule has 0 bridgehead atoms. The molecule has 4 heteroatoms. The summed E-state index contributed by atoms with van der Waals surface area (Å²) < 4.78 is 0. The van der Waals surface area contributed by atoms with Crippen molar-refractivity contribution >= 4 is 13.5 Å². The maximum absolute atomic E-state index is 8.99. The molecule has 0 saturated carbocycles. The van der Waals surface area contributed by atoms with E-state index in [2.05, 4.69) is 16.4 Å². The fraction of sp³-hybridized carbons (Fsp3) is 0.500. The van der Waals surface area contributed by atoms with Crippen molar-refractivity contribution in [1.29, 1.82) is 5.26 Å². The number of rotatable bonds is 2. The molecule has 1 fully saturated rings. The fourth-order valence-electron chi connectivity index (χ4n) is 2.05. The minimum Gasteiger partial charge on any atom is -0.316 e. The Morgan fingerprint density at radius 1 is 1.56 bits per heavy atom. The summed E-state index contributed by atoms with van der Waals surface area (Å²) in [4.78, 5) is 4.25. The van der Waals surface area contributed by atoms with E-state index in [1.165, 1.54) is 6.42 Å². The van der Waals surface area contributed by atoms with Crippen molar-refractivity contribution in [2.75, 3.05) is 13.1 Å². The first-order chi connectivity index (χ1) is 7.29. The summed E-state index contributed by atoms with van der Waals surface area (Å²) in [6, 6.07) is 6.20. The SMILES string of the molecule is Cc1ccc(CC2CCNC2)c(C#N)n1.S. The quantitative estimate of drug-likeness (QED) is 0.845. The van der Waals surface area contributed by atoms with Gasteiger partial charge in [0.25, 0.3) is 0 Å². The highest BCUT2D eigenvalue weighted by Crippen LogP contribution is 2.17. The molecule has 2 heterocycles. The van der Waals surface area contributed by atoms with Crippen molar-refractivity contribution in [3.63, 3.8) is 0 Å². The van der Waals surface area contributed by atoms with Crippen LogP contribution in [0.15, 0.2) is 12.1 Å². The van der Waals surface area contributed by atoms with Crippen LogP contribution in [0.1, 0.15) is 23.4 Å². The fourth-order valence-corrected chi connectivity index (χ4v) is 2.05. The molecule has 1 N–H and O–H groups in total. The third-order valence-corrected chi connectivity index (χ3v) is 2.89. The van der Waals surface area contributed by atoms with E-state index in [-0.39, 0.29) is 13.5 Å². The van der Waals surface area contributed by atoms with E-state index >= 15 is 0 Å². The molecule has 1 saturated heterocycles. The lowest BCUT2D eigenvalue weighted by Gasteiger charge is -2.09. The third-order valence-electron chi connectivity index (χ3n) is 2.89. The van der Waals surface area contributed by atoms with Gasteiger partial charge in [-0.3, -0.25) is 0 Å². The first-order valence-electron chi connectivity index (χ1n) is 5.37. The number of nitrogens with one attached hydrogen (secondary N) is 1. The molecule has 1 atom stereocenters. The molecular formula is C12H17N3S. The summed E-state index contributed by atoms with van der Waals surface area (Å²) in [6.07, 6.45) is 2.18. The van der Waals surface area contributed by atoms with Gasteiger partial charge in [-0.1, -0.05) is 6.07 Å². The molecule has 2 rings (SSSR count). The zero-order chi connectivity index (χ0) is 10.7. The molecule has 1 aromatic heterocycles. The molecule has 0 radical (unpaired) electrons. The Kier molecular flexibility index (Phi) is 4.78. The van der Waals surface area contributed by atoms with Crippen LogP contribution in [0.2, 0.25) is 0 Å². The van der Waals surface area contributed by atoms with Crippen molar-refractivity contribution in [2.45, 2.75) is 19.8 Å². The number of pyridine rings is 1. The Balaban J connectivity index is 0.00000128. The van der Waals surface area contributed by atoms with Gasteiger partial charge < -0.3 is 5.32 Å². The van der Waals surface area contributed by atoms with Crippen molar-refractivity contribution in [1.82, 2.24) is 10.3 Å². The van der Waals surface area contributed by atoms with Crippen molar-refractivity contribution in [2.24, 2.45) is 5.92 Å². The number of hydrogen-bond acceptors (Lipinski definition) is 3. The molecule has 16 heavy (non-hydrogen) atoms. The van der Waals surface area contributed by atoms with Crippen LogP contribution >= 0.6 is 13.5 Å². The Morgan fingerprint density at radius 2 is 2.38 bits per heavy atom. The Morgan fingerprint density at radius 3 is 3.00 bits per heavy atom. The predicted molar refractivity (Wildman–Crippen MR) is 68.8 cm³/mol. The van der Waals surface area contributed by atoms with Gasteiger partial charge in [0, 0.05) is 5.69 Å². The van der Waals surface area contributed by atoms with Gasteiger partial charge in [-0.25, -0.2) is 4.98 Å². The standard InChI is InChI=1S/C12H15N3.H2S/c1-9-2-3-11(12(7-13)15-9)6-10-4-5-14-8-10;/h2-3,10,14H,4-6,8H2,1H3;1H2. The molecule has 0 spiro atoms. The van der Waals surface area contributed by atoms with Crippen molar-refractivity contribution < 1.29 is 0 Å². The number of aryl methyl sites for hydroxylation is 1. The van der Waals surface area contributed by atoms with Gasteiger partial charge in [0.15, 0.2) is 0 Å². The van der Waals surface area contributed by atoms with Crippen LogP contribution in [0, 0.1) is 24.2 Å².